The molecule has 0 saturated heterocycles. The van der Waals surface area contributed by atoms with Crippen molar-refractivity contribution in [1.82, 2.24) is 0 Å². The molecular formula is C18H16N2O2. The van der Waals surface area contributed by atoms with Gasteiger partial charge in [0.25, 0.3) is 5.91 Å². The number of fused-ring (bicyclic) bond motifs is 2. The molecule has 4 nitrogen and oxygen atoms in total. The van der Waals surface area contributed by atoms with Crippen molar-refractivity contribution in [2.75, 3.05) is 17.2 Å². The van der Waals surface area contributed by atoms with E-state index in [1.165, 1.54) is 0 Å². The topological polar surface area (TPSA) is 50.4 Å². The average Bonchev–Trinajstić information content (AvgIpc) is 3.07. The third-order valence-corrected chi connectivity index (χ3v) is 4.00. The smallest absolute Gasteiger partial charge is 0.260 e. The minimum absolute atomic E-state index is 0.0974. The molecule has 4 heteroatoms. The standard InChI is InChI=1S/C18H16N2O2/c1-2-19-12-7-8-13-11(9-12)10-22-17(13)16-14-5-3-4-6-15(14)20-18(16)21/h3-9,19H,2,10H2,1H3,(H,20,21). The zero-order valence-corrected chi connectivity index (χ0v) is 12.3. The number of ether oxygens (including phenoxy) is 1. The average molecular weight is 292 g/mol. The molecule has 0 unspecified atom stereocenters. The molecule has 22 heavy (non-hydrogen) atoms. The van der Waals surface area contributed by atoms with Gasteiger partial charge in [0, 0.05) is 34.6 Å². The first-order valence-corrected chi connectivity index (χ1v) is 7.43. The van der Waals surface area contributed by atoms with Gasteiger partial charge in [-0.1, -0.05) is 18.2 Å². The number of anilines is 2. The molecular weight excluding hydrogens is 276 g/mol. The van der Waals surface area contributed by atoms with Gasteiger partial charge in [0.1, 0.15) is 12.4 Å². The van der Waals surface area contributed by atoms with Crippen LogP contribution in [0.4, 0.5) is 11.4 Å². The molecule has 2 aliphatic heterocycles. The van der Waals surface area contributed by atoms with E-state index in [4.69, 9.17) is 4.74 Å². The SMILES string of the molecule is CCNc1ccc2c(c1)COC2=C1C(=O)Nc2ccccc21. The third-order valence-electron chi connectivity index (χ3n) is 4.00. The predicted octanol–water partition coefficient (Wildman–Crippen LogP) is 3.47. The lowest BCUT2D eigenvalue weighted by atomic mass is 10.0. The monoisotopic (exact) mass is 292 g/mol. The number of carbonyl (C=O) groups excluding carboxylic acids is 1. The minimum Gasteiger partial charge on any atom is -0.487 e. The molecule has 0 bridgehead atoms. The fourth-order valence-electron chi connectivity index (χ4n) is 3.03. The Hall–Kier alpha value is -2.75. The molecule has 0 fully saturated rings. The zero-order valence-electron chi connectivity index (χ0n) is 12.3. The van der Waals surface area contributed by atoms with Crippen molar-refractivity contribution in [3.63, 3.8) is 0 Å². The van der Waals surface area contributed by atoms with Gasteiger partial charge in [-0.3, -0.25) is 4.79 Å². The van der Waals surface area contributed by atoms with E-state index < -0.39 is 0 Å². The summed E-state index contributed by atoms with van der Waals surface area (Å²) in [5.74, 6) is 0.584. The minimum atomic E-state index is -0.0974. The van der Waals surface area contributed by atoms with Crippen LogP contribution < -0.4 is 10.6 Å². The van der Waals surface area contributed by atoms with E-state index in [9.17, 15) is 4.79 Å². The van der Waals surface area contributed by atoms with E-state index in [2.05, 4.69) is 23.6 Å². The quantitative estimate of drug-likeness (QED) is 0.833. The maximum Gasteiger partial charge on any atom is 0.260 e. The number of amides is 1. The van der Waals surface area contributed by atoms with Gasteiger partial charge in [-0.15, -0.1) is 0 Å². The molecule has 1 amide bonds. The summed E-state index contributed by atoms with van der Waals surface area (Å²) < 4.78 is 5.86. The number of nitrogens with one attached hydrogen (secondary N) is 2. The number of para-hydroxylation sites is 1. The fraction of sp³-hybridized carbons (Fsp3) is 0.167. The van der Waals surface area contributed by atoms with Crippen molar-refractivity contribution in [1.29, 1.82) is 0 Å². The van der Waals surface area contributed by atoms with Crippen molar-refractivity contribution in [3.8, 4) is 0 Å². The van der Waals surface area contributed by atoms with Gasteiger partial charge in [0.2, 0.25) is 0 Å². The van der Waals surface area contributed by atoms with Gasteiger partial charge in [-0.2, -0.15) is 0 Å². The Kier molecular flexibility index (Phi) is 2.89. The highest BCUT2D eigenvalue weighted by Gasteiger charge is 2.32. The van der Waals surface area contributed by atoms with Crippen LogP contribution in [0.15, 0.2) is 42.5 Å². The maximum atomic E-state index is 12.3. The van der Waals surface area contributed by atoms with Crippen LogP contribution >= 0.6 is 0 Å². The zero-order chi connectivity index (χ0) is 15.1. The highest BCUT2D eigenvalue weighted by atomic mass is 16.5. The second-order valence-electron chi connectivity index (χ2n) is 5.39. The largest absolute Gasteiger partial charge is 0.487 e. The van der Waals surface area contributed by atoms with E-state index in [0.717, 1.165) is 34.6 Å². The van der Waals surface area contributed by atoms with Crippen molar-refractivity contribution in [3.05, 3.63) is 59.2 Å². The Morgan fingerprint density at radius 2 is 2.05 bits per heavy atom. The van der Waals surface area contributed by atoms with Crippen LogP contribution in [0, 0.1) is 0 Å². The van der Waals surface area contributed by atoms with Crippen LogP contribution in [0.25, 0.3) is 11.3 Å². The summed E-state index contributed by atoms with van der Waals surface area (Å²) in [7, 11) is 0. The Morgan fingerprint density at radius 3 is 2.91 bits per heavy atom. The lowest BCUT2D eigenvalue weighted by molar-refractivity contribution is -0.110. The summed E-state index contributed by atoms with van der Waals surface area (Å²) in [6.45, 7) is 3.45. The van der Waals surface area contributed by atoms with E-state index in [0.29, 0.717) is 17.9 Å². The van der Waals surface area contributed by atoms with Crippen molar-refractivity contribution in [2.24, 2.45) is 0 Å². The molecule has 2 heterocycles. The summed E-state index contributed by atoms with van der Waals surface area (Å²) >= 11 is 0. The van der Waals surface area contributed by atoms with Crippen molar-refractivity contribution in [2.45, 2.75) is 13.5 Å². The molecule has 2 N–H and O–H groups in total. The van der Waals surface area contributed by atoms with Crippen LogP contribution in [0.5, 0.6) is 0 Å². The van der Waals surface area contributed by atoms with Crippen LogP contribution in [0.3, 0.4) is 0 Å². The number of benzene rings is 2. The highest BCUT2D eigenvalue weighted by Crippen LogP contribution is 2.41. The summed E-state index contributed by atoms with van der Waals surface area (Å²) in [6, 6.07) is 13.8. The van der Waals surface area contributed by atoms with Gasteiger partial charge in [0.05, 0.1) is 5.57 Å². The molecule has 0 aromatic heterocycles. The first-order chi connectivity index (χ1) is 10.8. The van der Waals surface area contributed by atoms with E-state index >= 15 is 0 Å². The molecule has 0 aliphatic carbocycles. The summed E-state index contributed by atoms with van der Waals surface area (Å²) in [4.78, 5) is 12.3. The number of carbonyl (C=O) groups is 1. The lowest BCUT2D eigenvalue weighted by Gasteiger charge is -2.06. The number of hydrogen-bond donors (Lipinski definition) is 2. The van der Waals surface area contributed by atoms with E-state index in [-0.39, 0.29) is 5.91 Å². The van der Waals surface area contributed by atoms with Gasteiger partial charge in [0.15, 0.2) is 0 Å². The lowest BCUT2D eigenvalue weighted by Crippen LogP contribution is -2.05. The molecule has 0 atom stereocenters. The van der Waals surface area contributed by atoms with Crippen LogP contribution in [0.1, 0.15) is 23.6 Å². The predicted molar refractivity (Wildman–Crippen MR) is 87.3 cm³/mol. The van der Waals surface area contributed by atoms with Crippen molar-refractivity contribution < 1.29 is 9.53 Å². The third kappa shape index (κ3) is 1.88. The van der Waals surface area contributed by atoms with Gasteiger partial charge in [-0.25, -0.2) is 0 Å². The maximum absolute atomic E-state index is 12.3. The Morgan fingerprint density at radius 1 is 1.18 bits per heavy atom. The molecule has 0 spiro atoms. The van der Waals surface area contributed by atoms with Crippen LogP contribution in [-0.4, -0.2) is 12.5 Å². The Bertz CT molecular complexity index is 808. The van der Waals surface area contributed by atoms with E-state index in [1.54, 1.807) is 0 Å². The summed E-state index contributed by atoms with van der Waals surface area (Å²) in [5, 5.41) is 6.19. The van der Waals surface area contributed by atoms with Gasteiger partial charge < -0.3 is 15.4 Å². The molecule has 2 aromatic carbocycles. The van der Waals surface area contributed by atoms with E-state index in [1.807, 2.05) is 36.4 Å². The normalized spacial score (nSPS) is 18.5. The molecule has 0 saturated carbocycles. The first-order valence-electron chi connectivity index (χ1n) is 7.43. The van der Waals surface area contributed by atoms with Gasteiger partial charge in [-0.05, 0) is 31.2 Å². The summed E-state index contributed by atoms with van der Waals surface area (Å²) in [6.07, 6.45) is 0. The first kappa shape index (κ1) is 13.0. The van der Waals surface area contributed by atoms with Crippen LogP contribution in [0.2, 0.25) is 0 Å². The Balaban J connectivity index is 1.85. The summed E-state index contributed by atoms with van der Waals surface area (Å²) in [5.41, 5.74) is 5.57. The van der Waals surface area contributed by atoms with Crippen molar-refractivity contribution >= 4 is 28.6 Å². The molecule has 110 valence electrons. The number of hydrogen-bond acceptors (Lipinski definition) is 3. The fourth-order valence-corrected chi connectivity index (χ4v) is 3.03. The molecule has 0 radical (unpaired) electrons. The Labute approximate surface area is 128 Å². The van der Waals surface area contributed by atoms with Gasteiger partial charge >= 0.3 is 0 Å². The molecule has 2 aromatic rings. The second-order valence-corrected chi connectivity index (χ2v) is 5.39. The number of rotatable bonds is 2. The highest BCUT2D eigenvalue weighted by molar-refractivity contribution is 6.36. The van der Waals surface area contributed by atoms with Crippen LogP contribution in [-0.2, 0) is 16.1 Å². The molecule has 2 aliphatic rings. The second kappa shape index (κ2) is 4.91. The molecule has 4 rings (SSSR count).